The summed E-state index contributed by atoms with van der Waals surface area (Å²) in [5.41, 5.74) is 3.59. The number of hydrogen-bond donors (Lipinski definition) is 2. The van der Waals surface area contributed by atoms with Gasteiger partial charge in [-0.05, 0) is 48.2 Å². The molecule has 2 N–H and O–H groups in total. The fraction of sp³-hybridized carbons (Fsp3) is 0.261. The number of hydrogen-bond acceptors (Lipinski definition) is 3. The van der Waals surface area contributed by atoms with E-state index in [1.165, 1.54) is 0 Å². The minimum atomic E-state index is -0.512. The number of carbonyl (C=O) groups excluding carboxylic acids is 3. The molecule has 0 bridgehead atoms. The van der Waals surface area contributed by atoms with Gasteiger partial charge in [0.2, 0.25) is 5.91 Å². The van der Waals surface area contributed by atoms with Crippen molar-refractivity contribution in [3.63, 3.8) is 0 Å². The zero-order valence-corrected chi connectivity index (χ0v) is 17.9. The molecule has 4 rings (SSSR count). The molecule has 0 aromatic heterocycles. The van der Waals surface area contributed by atoms with Crippen LogP contribution in [0.1, 0.15) is 34.3 Å². The van der Waals surface area contributed by atoms with Crippen LogP contribution >= 0.6 is 11.6 Å². The van der Waals surface area contributed by atoms with Gasteiger partial charge < -0.3 is 20.4 Å². The monoisotopic (exact) mass is 438 g/mol. The SMILES string of the molecule is C=C1CCC(N2Cc3c(CN(C)C(=O)Nc4cccc(Cl)c4)cccc3C2=O)C(=O)N1. The Bertz CT molecular complexity index is 1080. The van der Waals surface area contributed by atoms with Crippen LogP contribution in [0.15, 0.2) is 54.7 Å². The Kier molecular flexibility index (Phi) is 5.69. The van der Waals surface area contributed by atoms with E-state index >= 15 is 0 Å². The topological polar surface area (TPSA) is 81.8 Å². The van der Waals surface area contributed by atoms with Crippen LogP contribution in [0, 0.1) is 0 Å². The predicted octanol–water partition coefficient (Wildman–Crippen LogP) is 3.75. The minimum absolute atomic E-state index is 0.157. The molecule has 7 nitrogen and oxygen atoms in total. The normalized spacial score (nSPS) is 17.9. The highest BCUT2D eigenvalue weighted by Gasteiger charge is 2.38. The van der Waals surface area contributed by atoms with Crippen LogP contribution in [0.4, 0.5) is 10.5 Å². The van der Waals surface area contributed by atoms with Crippen molar-refractivity contribution in [3.8, 4) is 0 Å². The molecule has 0 saturated carbocycles. The predicted molar refractivity (Wildman–Crippen MR) is 119 cm³/mol. The number of nitrogens with one attached hydrogen (secondary N) is 2. The molecular formula is C23H23ClN4O3. The molecule has 0 aliphatic carbocycles. The number of halogens is 1. The van der Waals surface area contributed by atoms with Gasteiger partial charge >= 0.3 is 6.03 Å². The molecule has 1 saturated heterocycles. The van der Waals surface area contributed by atoms with Crippen LogP contribution in [0.5, 0.6) is 0 Å². The number of allylic oxidation sites excluding steroid dienone is 1. The second kappa shape index (κ2) is 8.43. The smallest absolute Gasteiger partial charge is 0.321 e. The van der Waals surface area contributed by atoms with Crippen LogP contribution in [0.2, 0.25) is 5.02 Å². The van der Waals surface area contributed by atoms with Crippen LogP contribution in [-0.2, 0) is 17.9 Å². The lowest BCUT2D eigenvalue weighted by Crippen LogP contribution is -2.49. The summed E-state index contributed by atoms with van der Waals surface area (Å²) in [6, 6.07) is 11.6. The van der Waals surface area contributed by atoms with Crippen LogP contribution in [0.3, 0.4) is 0 Å². The maximum atomic E-state index is 13.0. The van der Waals surface area contributed by atoms with Gasteiger partial charge in [-0.1, -0.05) is 36.4 Å². The molecule has 0 spiro atoms. The van der Waals surface area contributed by atoms with Gasteiger partial charge in [-0.25, -0.2) is 4.79 Å². The Morgan fingerprint density at radius 1 is 1.29 bits per heavy atom. The number of anilines is 1. The van der Waals surface area contributed by atoms with Crippen molar-refractivity contribution in [2.75, 3.05) is 12.4 Å². The van der Waals surface area contributed by atoms with Crippen molar-refractivity contribution in [3.05, 3.63) is 76.5 Å². The highest BCUT2D eigenvalue weighted by atomic mass is 35.5. The lowest BCUT2D eigenvalue weighted by molar-refractivity contribution is -0.126. The second-order valence-corrected chi connectivity index (χ2v) is 8.26. The molecule has 160 valence electrons. The van der Waals surface area contributed by atoms with Gasteiger partial charge in [0.15, 0.2) is 0 Å². The summed E-state index contributed by atoms with van der Waals surface area (Å²) in [6.07, 6.45) is 1.21. The molecule has 2 aromatic carbocycles. The number of nitrogens with zero attached hydrogens (tertiary/aromatic N) is 2. The maximum Gasteiger partial charge on any atom is 0.321 e. The maximum absolute atomic E-state index is 13.0. The fourth-order valence-electron chi connectivity index (χ4n) is 3.99. The van der Waals surface area contributed by atoms with Gasteiger partial charge in [-0.3, -0.25) is 9.59 Å². The van der Waals surface area contributed by atoms with Gasteiger partial charge in [-0.2, -0.15) is 0 Å². The molecule has 4 amide bonds. The summed E-state index contributed by atoms with van der Waals surface area (Å²) in [6.45, 7) is 4.47. The summed E-state index contributed by atoms with van der Waals surface area (Å²) >= 11 is 5.98. The molecule has 2 aliphatic heterocycles. The number of amides is 4. The van der Waals surface area contributed by atoms with Crippen LogP contribution < -0.4 is 10.6 Å². The van der Waals surface area contributed by atoms with Crippen molar-refractivity contribution in [1.82, 2.24) is 15.1 Å². The standard InChI is InChI=1S/C23H23ClN4O3/c1-14-9-10-20(21(29)25-14)28-13-19-15(5-3-8-18(19)22(28)30)12-27(2)23(31)26-17-7-4-6-16(24)11-17/h3-8,11,20H,1,9-10,12-13H2,2H3,(H,25,29)(H,26,31). The Morgan fingerprint density at radius 3 is 2.81 bits per heavy atom. The van der Waals surface area contributed by atoms with E-state index in [-0.39, 0.29) is 17.8 Å². The fourth-order valence-corrected chi connectivity index (χ4v) is 4.18. The third-order valence-corrected chi connectivity index (χ3v) is 5.86. The van der Waals surface area contributed by atoms with E-state index < -0.39 is 6.04 Å². The number of urea groups is 1. The highest BCUT2D eigenvalue weighted by molar-refractivity contribution is 6.30. The van der Waals surface area contributed by atoms with Crippen molar-refractivity contribution in [2.24, 2.45) is 0 Å². The largest absolute Gasteiger partial charge is 0.329 e. The molecule has 8 heteroatoms. The van der Waals surface area contributed by atoms with Crippen molar-refractivity contribution < 1.29 is 14.4 Å². The number of fused-ring (bicyclic) bond motifs is 1. The van der Waals surface area contributed by atoms with Crippen molar-refractivity contribution >= 4 is 35.1 Å². The van der Waals surface area contributed by atoms with E-state index in [4.69, 9.17) is 11.6 Å². The summed E-state index contributed by atoms with van der Waals surface area (Å²) < 4.78 is 0. The molecule has 2 heterocycles. The van der Waals surface area contributed by atoms with E-state index in [1.54, 1.807) is 53.2 Å². The van der Waals surface area contributed by atoms with Gasteiger partial charge in [0.25, 0.3) is 5.91 Å². The number of piperidine rings is 1. The van der Waals surface area contributed by atoms with E-state index in [0.29, 0.717) is 47.9 Å². The molecule has 31 heavy (non-hydrogen) atoms. The molecule has 2 aliphatic rings. The molecule has 1 atom stereocenters. The Labute approximate surface area is 185 Å². The lowest BCUT2D eigenvalue weighted by atomic mass is 10.0. The Morgan fingerprint density at radius 2 is 2.06 bits per heavy atom. The first-order valence-electron chi connectivity index (χ1n) is 10.0. The number of carbonyl (C=O) groups is 3. The quantitative estimate of drug-likeness (QED) is 0.762. The van der Waals surface area contributed by atoms with Gasteiger partial charge in [0.05, 0.1) is 0 Å². The summed E-state index contributed by atoms with van der Waals surface area (Å²) in [4.78, 5) is 41.2. The molecular weight excluding hydrogens is 416 g/mol. The molecule has 1 fully saturated rings. The zero-order chi connectivity index (χ0) is 22.1. The van der Waals surface area contributed by atoms with E-state index in [2.05, 4.69) is 17.2 Å². The minimum Gasteiger partial charge on any atom is -0.329 e. The summed E-state index contributed by atoms with van der Waals surface area (Å²) in [5, 5.41) is 6.10. The van der Waals surface area contributed by atoms with E-state index in [0.717, 1.165) is 11.1 Å². The van der Waals surface area contributed by atoms with Gasteiger partial charge in [0, 0.05) is 42.1 Å². The number of benzene rings is 2. The molecule has 0 radical (unpaired) electrons. The first-order valence-corrected chi connectivity index (χ1v) is 10.4. The van der Waals surface area contributed by atoms with Crippen LogP contribution in [0.25, 0.3) is 0 Å². The van der Waals surface area contributed by atoms with Crippen molar-refractivity contribution in [1.29, 1.82) is 0 Å². The zero-order valence-electron chi connectivity index (χ0n) is 17.2. The first kappa shape index (κ1) is 20.9. The average Bonchev–Trinajstić information content (AvgIpc) is 3.05. The van der Waals surface area contributed by atoms with E-state index in [1.807, 2.05) is 6.07 Å². The third-order valence-electron chi connectivity index (χ3n) is 5.62. The Balaban J connectivity index is 1.49. The highest BCUT2D eigenvalue weighted by Crippen LogP contribution is 2.31. The summed E-state index contributed by atoms with van der Waals surface area (Å²) in [5.74, 6) is -0.354. The average molecular weight is 439 g/mol. The Hall–Kier alpha value is -3.32. The number of rotatable bonds is 4. The second-order valence-electron chi connectivity index (χ2n) is 7.82. The lowest BCUT2D eigenvalue weighted by Gasteiger charge is -2.31. The van der Waals surface area contributed by atoms with Gasteiger partial charge in [-0.15, -0.1) is 0 Å². The third kappa shape index (κ3) is 4.27. The first-order chi connectivity index (χ1) is 14.8. The van der Waals surface area contributed by atoms with E-state index in [9.17, 15) is 14.4 Å². The van der Waals surface area contributed by atoms with Crippen LogP contribution in [-0.4, -0.2) is 40.7 Å². The van der Waals surface area contributed by atoms with Gasteiger partial charge in [0.1, 0.15) is 6.04 Å². The van der Waals surface area contributed by atoms with Crippen molar-refractivity contribution in [2.45, 2.75) is 32.0 Å². The summed E-state index contributed by atoms with van der Waals surface area (Å²) in [7, 11) is 1.69. The molecule has 1 unspecified atom stereocenters. The molecule has 2 aromatic rings.